The number of methoxy groups -OCH3 is 1. The fraction of sp³-hybridized carbons (Fsp3) is 0.450. The standard InChI is InChI=1S/C20H27N7O/c1-13-23-15-6-5-14(9-16(15)24-13)10-22-20-21-8-7-19(25-20)27-11-17(26(2)3)18(12-27)28-4/h5-9,17-18H,10-12H2,1-4H3,(H,23,24)(H,21,22,25)/t17-,18+/m0/s1. The van der Waals surface area contributed by atoms with E-state index in [1.165, 1.54) is 0 Å². The minimum Gasteiger partial charge on any atom is -0.378 e. The molecule has 1 fully saturated rings. The molecule has 0 radical (unpaired) electrons. The third-order valence-electron chi connectivity index (χ3n) is 5.28. The van der Waals surface area contributed by atoms with Crippen LogP contribution >= 0.6 is 0 Å². The summed E-state index contributed by atoms with van der Waals surface area (Å²) in [4.78, 5) is 21.3. The van der Waals surface area contributed by atoms with Crippen LogP contribution < -0.4 is 10.2 Å². The summed E-state index contributed by atoms with van der Waals surface area (Å²) < 4.78 is 5.66. The molecule has 4 rings (SSSR count). The Morgan fingerprint density at radius 3 is 2.86 bits per heavy atom. The van der Waals surface area contributed by atoms with Crippen molar-refractivity contribution < 1.29 is 4.74 Å². The molecule has 2 atom stereocenters. The molecule has 28 heavy (non-hydrogen) atoms. The minimum absolute atomic E-state index is 0.172. The fourth-order valence-electron chi connectivity index (χ4n) is 3.76. The Labute approximate surface area is 164 Å². The van der Waals surface area contributed by atoms with Crippen molar-refractivity contribution in [2.45, 2.75) is 25.6 Å². The number of ether oxygens (including phenoxy) is 1. The van der Waals surface area contributed by atoms with Gasteiger partial charge >= 0.3 is 0 Å². The Morgan fingerprint density at radius 2 is 2.11 bits per heavy atom. The van der Waals surface area contributed by atoms with E-state index in [2.05, 4.69) is 56.3 Å². The molecule has 1 aromatic carbocycles. The quantitative estimate of drug-likeness (QED) is 0.676. The van der Waals surface area contributed by atoms with Gasteiger partial charge in [0, 0.05) is 32.9 Å². The number of aromatic nitrogens is 4. The Bertz CT molecular complexity index is 955. The lowest BCUT2D eigenvalue weighted by atomic mass is 10.2. The van der Waals surface area contributed by atoms with E-state index in [1.54, 1.807) is 13.3 Å². The molecular weight excluding hydrogens is 354 g/mol. The zero-order valence-corrected chi connectivity index (χ0v) is 16.8. The maximum atomic E-state index is 5.66. The number of rotatable bonds is 6. The summed E-state index contributed by atoms with van der Waals surface area (Å²) in [7, 11) is 5.95. The highest BCUT2D eigenvalue weighted by atomic mass is 16.5. The van der Waals surface area contributed by atoms with Gasteiger partial charge in [-0.15, -0.1) is 0 Å². The number of likely N-dealkylation sites (N-methyl/N-ethyl adjacent to an activating group) is 1. The van der Waals surface area contributed by atoms with Gasteiger partial charge in [-0.25, -0.2) is 9.97 Å². The van der Waals surface area contributed by atoms with Crippen LogP contribution in [0, 0.1) is 6.92 Å². The summed E-state index contributed by atoms with van der Waals surface area (Å²) in [6, 6.07) is 8.52. The van der Waals surface area contributed by atoms with E-state index in [4.69, 9.17) is 9.72 Å². The lowest BCUT2D eigenvalue weighted by Crippen LogP contribution is -2.39. The van der Waals surface area contributed by atoms with Crippen LogP contribution in [0.2, 0.25) is 0 Å². The molecule has 0 saturated carbocycles. The Kier molecular flexibility index (Phi) is 5.15. The summed E-state index contributed by atoms with van der Waals surface area (Å²) in [6.07, 6.45) is 1.97. The van der Waals surface area contributed by atoms with Crippen molar-refractivity contribution in [3.05, 3.63) is 41.9 Å². The first-order chi connectivity index (χ1) is 13.5. The van der Waals surface area contributed by atoms with E-state index in [0.29, 0.717) is 18.5 Å². The molecule has 1 aliphatic rings. The van der Waals surface area contributed by atoms with Gasteiger partial charge in [-0.2, -0.15) is 4.98 Å². The molecule has 3 aromatic rings. The molecule has 8 heteroatoms. The maximum absolute atomic E-state index is 5.66. The third kappa shape index (κ3) is 3.79. The van der Waals surface area contributed by atoms with Gasteiger partial charge in [0.25, 0.3) is 0 Å². The van der Waals surface area contributed by atoms with Crippen LogP contribution in [0.4, 0.5) is 11.8 Å². The summed E-state index contributed by atoms with van der Waals surface area (Å²) in [6.45, 7) is 4.33. The third-order valence-corrected chi connectivity index (χ3v) is 5.28. The smallest absolute Gasteiger partial charge is 0.224 e. The number of aryl methyl sites for hydroxylation is 1. The number of hydrogen-bond acceptors (Lipinski definition) is 7. The van der Waals surface area contributed by atoms with Crippen molar-refractivity contribution in [1.29, 1.82) is 0 Å². The van der Waals surface area contributed by atoms with Gasteiger partial charge in [-0.1, -0.05) is 6.07 Å². The number of fused-ring (bicyclic) bond motifs is 1. The molecule has 3 heterocycles. The fourth-order valence-corrected chi connectivity index (χ4v) is 3.76. The van der Waals surface area contributed by atoms with Crippen LogP contribution in [-0.2, 0) is 11.3 Å². The average molecular weight is 381 g/mol. The minimum atomic E-state index is 0.172. The van der Waals surface area contributed by atoms with Crippen molar-refractivity contribution in [3.8, 4) is 0 Å². The van der Waals surface area contributed by atoms with E-state index in [9.17, 15) is 0 Å². The van der Waals surface area contributed by atoms with Crippen LogP contribution in [0.1, 0.15) is 11.4 Å². The van der Waals surface area contributed by atoms with Crippen molar-refractivity contribution >= 4 is 22.8 Å². The first kappa shape index (κ1) is 18.6. The van der Waals surface area contributed by atoms with Crippen LogP contribution in [0.3, 0.4) is 0 Å². The second kappa shape index (κ2) is 7.73. The first-order valence-electron chi connectivity index (χ1n) is 9.50. The number of imidazole rings is 1. The predicted molar refractivity (Wildman–Crippen MR) is 111 cm³/mol. The van der Waals surface area contributed by atoms with Gasteiger partial charge < -0.3 is 24.8 Å². The van der Waals surface area contributed by atoms with Gasteiger partial charge in [-0.3, -0.25) is 0 Å². The summed E-state index contributed by atoms with van der Waals surface area (Å²) in [5, 5.41) is 3.33. The second-order valence-electron chi connectivity index (χ2n) is 7.48. The van der Waals surface area contributed by atoms with Gasteiger partial charge in [0.05, 0.1) is 23.2 Å². The SMILES string of the molecule is CO[C@@H]1CN(c2ccnc(NCc3ccc4nc(C)[nH]c4c3)n2)C[C@@H]1N(C)C. The summed E-state index contributed by atoms with van der Waals surface area (Å²) in [5.74, 6) is 2.47. The summed E-state index contributed by atoms with van der Waals surface area (Å²) in [5.41, 5.74) is 3.18. The van der Waals surface area contributed by atoms with Crippen molar-refractivity contribution in [2.24, 2.45) is 0 Å². The predicted octanol–water partition coefficient (Wildman–Crippen LogP) is 2.04. The summed E-state index contributed by atoms with van der Waals surface area (Å²) >= 11 is 0. The van der Waals surface area contributed by atoms with Gasteiger partial charge in [-0.05, 0) is 44.8 Å². The Hall–Kier alpha value is -2.71. The molecular formula is C20H27N7O. The van der Waals surface area contributed by atoms with Gasteiger partial charge in [0.1, 0.15) is 11.6 Å². The highest BCUT2D eigenvalue weighted by molar-refractivity contribution is 5.75. The van der Waals surface area contributed by atoms with Crippen LogP contribution in [0.15, 0.2) is 30.5 Å². The molecule has 2 N–H and O–H groups in total. The largest absolute Gasteiger partial charge is 0.378 e. The first-order valence-corrected chi connectivity index (χ1v) is 9.50. The zero-order chi connectivity index (χ0) is 19.7. The highest BCUT2D eigenvalue weighted by Gasteiger charge is 2.34. The molecule has 0 bridgehead atoms. The number of nitrogens with zero attached hydrogens (tertiary/aromatic N) is 5. The van der Waals surface area contributed by atoms with Crippen molar-refractivity contribution in [2.75, 3.05) is 44.5 Å². The average Bonchev–Trinajstić information content (AvgIpc) is 3.28. The molecule has 1 saturated heterocycles. The van der Waals surface area contributed by atoms with Crippen molar-refractivity contribution in [1.82, 2.24) is 24.8 Å². The number of aromatic amines is 1. The number of nitrogens with one attached hydrogen (secondary N) is 2. The lowest BCUT2D eigenvalue weighted by Gasteiger charge is -2.23. The number of benzene rings is 1. The van der Waals surface area contributed by atoms with E-state index in [1.807, 2.05) is 19.1 Å². The monoisotopic (exact) mass is 381 g/mol. The van der Waals surface area contributed by atoms with E-state index < -0.39 is 0 Å². The molecule has 1 aliphatic heterocycles. The topological polar surface area (TPSA) is 82.2 Å². The Balaban J connectivity index is 1.45. The lowest BCUT2D eigenvalue weighted by molar-refractivity contribution is 0.0639. The normalized spacial score (nSPS) is 19.7. The molecule has 0 unspecified atom stereocenters. The zero-order valence-electron chi connectivity index (χ0n) is 16.8. The Morgan fingerprint density at radius 1 is 1.25 bits per heavy atom. The second-order valence-corrected chi connectivity index (χ2v) is 7.48. The molecule has 0 amide bonds. The molecule has 0 aliphatic carbocycles. The molecule has 2 aromatic heterocycles. The van der Waals surface area contributed by atoms with Crippen LogP contribution in [-0.4, -0.2) is 71.3 Å². The molecule has 0 spiro atoms. The molecule has 148 valence electrons. The number of anilines is 2. The van der Waals surface area contributed by atoms with Gasteiger partial charge in [0.2, 0.25) is 5.95 Å². The van der Waals surface area contributed by atoms with Crippen LogP contribution in [0.5, 0.6) is 0 Å². The number of hydrogen-bond donors (Lipinski definition) is 2. The number of H-pyrrole nitrogens is 1. The molecule has 8 nitrogen and oxygen atoms in total. The van der Waals surface area contributed by atoms with E-state index >= 15 is 0 Å². The van der Waals surface area contributed by atoms with E-state index in [0.717, 1.165) is 41.3 Å². The highest BCUT2D eigenvalue weighted by Crippen LogP contribution is 2.23. The van der Waals surface area contributed by atoms with Crippen molar-refractivity contribution in [3.63, 3.8) is 0 Å². The maximum Gasteiger partial charge on any atom is 0.224 e. The van der Waals surface area contributed by atoms with Gasteiger partial charge in [0.15, 0.2) is 0 Å². The van der Waals surface area contributed by atoms with Crippen LogP contribution in [0.25, 0.3) is 11.0 Å². The van der Waals surface area contributed by atoms with E-state index in [-0.39, 0.29) is 6.10 Å².